The van der Waals surface area contributed by atoms with E-state index in [1.54, 1.807) is 0 Å². The molecule has 10 aromatic rings. The number of nitrogens with zero attached hydrogens (tertiary/aromatic N) is 6. The zero-order valence-electron chi connectivity index (χ0n) is 27.8. The Bertz CT molecular complexity index is 2720. The van der Waals surface area contributed by atoms with Crippen LogP contribution in [0.4, 0.5) is 0 Å². The van der Waals surface area contributed by atoms with Gasteiger partial charge in [0.15, 0.2) is 0 Å². The third-order valence-electron chi connectivity index (χ3n) is 9.84. The third kappa shape index (κ3) is 4.61. The largest absolute Gasteiger partial charge is 0.306 e. The zero-order valence-corrected chi connectivity index (χ0v) is 27.8. The molecule has 5 aromatic heterocycles. The quantitative estimate of drug-likeness (QED) is 0.184. The van der Waals surface area contributed by atoms with Crippen LogP contribution in [-0.2, 0) is 0 Å². The molecule has 5 heterocycles. The van der Waals surface area contributed by atoms with Gasteiger partial charge in [0, 0.05) is 34.3 Å². The molecule has 0 N–H and O–H groups in total. The third-order valence-corrected chi connectivity index (χ3v) is 9.84. The highest BCUT2D eigenvalue weighted by Gasteiger charge is 2.23. The fraction of sp³-hybridized carbons (Fsp3) is 0. The van der Waals surface area contributed by atoms with E-state index in [0.717, 1.165) is 88.9 Å². The lowest BCUT2D eigenvalue weighted by Gasteiger charge is -2.19. The second-order valence-corrected chi connectivity index (χ2v) is 12.8. The first-order chi connectivity index (χ1) is 25.8. The van der Waals surface area contributed by atoms with Gasteiger partial charge in [-0.3, -0.25) is 9.97 Å². The second kappa shape index (κ2) is 11.9. The summed E-state index contributed by atoms with van der Waals surface area (Å²) in [4.78, 5) is 14.8. The van der Waals surface area contributed by atoms with Crippen molar-refractivity contribution in [2.24, 2.45) is 0 Å². The van der Waals surface area contributed by atoms with Gasteiger partial charge in [0.2, 0.25) is 0 Å². The number of hydrogen-bond acceptors (Lipinski definition) is 4. The van der Waals surface area contributed by atoms with Gasteiger partial charge in [-0.1, -0.05) is 97.1 Å². The fourth-order valence-electron chi connectivity index (χ4n) is 7.54. The number of fused-ring (bicyclic) bond motifs is 6. The van der Waals surface area contributed by atoms with Crippen molar-refractivity contribution in [2.75, 3.05) is 0 Å². The highest BCUT2D eigenvalue weighted by Crippen LogP contribution is 2.40. The molecule has 0 radical (unpaired) electrons. The van der Waals surface area contributed by atoms with Crippen LogP contribution in [0.25, 0.3) is 88.9 Å². The Morgan fingerprint density at radius 1 is 0.423 bits per heavy atom. The summed E-state index contributed by atoms with van der Waals surface area (Å²) in [5, 5.41) is 13.3. The number of aromatic nitrogens is 5. The summed E-state index contributed by atoms with van der Waals surface area (Å²) >= 11 is 0. The van der Waals surface area contributed by atoms with Crippen molar-refractivity contribution in [3.63, 3.8) is 0 Å². The molecule has 0 spiro atoms. The number of nitriles is 1. The summed E-state index contributed by atoms with van der Waals surface area (Å²) in [6, 6.07) is 56.4. The zero-order chi connectivity index (χ0) is 34.6. The molecule has 0 amide bonds. The van der Waals surface area contributed by atoms with E-state index in [1.807, 2.05) is 85.2 Å². The van der Waals surface area contributed by atoms with Crippen molar-refractivity contribution in [3.8, 4) is 51.1 Å². The van der Waals surface area contributed by atoms with Crippen molar-refractivity contribution in [3.05, 3.63) is 176 Å². The molecule has 0 aliphatic heterocycles. The monoisotopic (exact) mass is 664 g/mol. The van der Waals surface area contributed by atoms with E-state index in [1.165, 1.54) is 0 Å². The Labute approximate surface area is 299 Å². The molecule has 6 heteroatoms. The molecule has 0 saturated carbocycles. The van der Waals surface area contributed by atoms with E-state index in [9.17, 15) is 5.26 Å². The first-order valence-electron chi connectivity index (χ1n) is 17.2. The summed E-state index contributed by atoms with van der Waals surface area (Å²) in [5.41, 5.74) is 13.4. The van der Waals surface area contributed by atoms with Gasteiger partial charge in [-0.25, -0.2) is 4.98 Å². The van der Waals surface area contributed by atoms with Gasteiger partial charge in [-0.05, 0) is 71.8 Å². The predicted octanol–water partition coefficient (Wildman–Crippen LogP) is 10.9. The summed E-state index contributed by atoms with van der Waals surface area (Å²) in [6.07, 6.45) is 3.65. The van der Waals surface area contributed by atoms with Crippen molar-refractivity contribution in [2.45, 2.75) is 0 Å². The predicted molar refractivity (Wildman–Crippen MR) is 210 cm³/mol. The first-order valence-corrected chi connectivity index (χ1v) is 17.2. The molecule has 0 atom stereocenters. The number of rotatable bonds is 5. The van der Waals surface area contributed by atoms with Gasteiger partial charge in [-0.2, -0.15) is 5.26 Å². The van der Waals surface area contributed by atoms with E-state index >= 15 is 0 Å². The summed E-state index contributed by atoms with van der Waals surface area (Å²) in [5.74, 6) is 0. The Kier molecular flexibility index (Phi) is 6.76. The summed E-state index contributed by atoms with van der Waals surface area (Å²) < 4.78 is 4.37. The molecule has 0 saturated heterocycles. The minimum absolute atomic E-state index is 0.544. The van der Waals surface area contributed by atoms with Crippen molar-refractivity contribution in [1.82, 2.24) is 24.1 Å². The number of benzene rings is 5. The second-order valence-electron chi connectivity index (χ2n) is 12.8. The molecule has 0 fully saturated rings. The molecular formula is C46H28N6. The molecule has 10 rings (SSSR count). The highest BCUT2D eigenvalue weighted by atomic mass is 15.0. The Balaban J connectivity index is 1.36. The Morgan fingerprint density at radius 3 is 1.33 bits per heavy atom. The van der Waals surface area contributed by atoms with Gasteiger partial charge >= 0.3 is 0 Å². The maximum atomic E-state index is 11.2. The SMILES string of the molecule is N#Cc1c(-n2c3ccccc3c3ncccc32)cc(-c2cc(-c3ccccc3)nc(-c3ccccc3)c2)cc1-n1c2ccccc2c2ncccc21. The van der Waals surface area contributed by atoms with Crippen molar-refractivity contribution >= 4 is 43.9 Å². The van der Waals surface area contributed by atoms with Crippen LogP contribution in [-0.4, -0.2) is 24.1 Å². The van der Waals surface area contributed by atoms with Crippen LogP contribution in [0, 0.1) is 11.3 Å². The Hall–Kier alpha value is -7.36. The maximum Gasteiger partial charge on any atom is 0.104 e. The highest BCUT2D eigenvalue weighted by molar-refractivity contribution is 6.09. The molecule has 5 aromatic carbocycles. The van der Waals surface area contributed by atoms with E-state index in [4.69, 9.17) is 15.0 Å². The van der Waals surface area contributed by atoms with E-state index in [2.05, 4.69) is 100 Å². The van der Waals surface area contributed by atoms with Crippen LogP contribution in [0.2, 0.25) is 0 Å². The van der Waals surface area contributed by atoms with Crippen LogP contribution < -0.4 is 0 Å². The minimum Gasteiger partial charge on any atom is -0.306 e. The molecule has 0 unspecified atom stereocenters. The Morgan fingerprint density at radius 2 is 0.846 bits per heavy atom. The van der Waals surface area contributed by atoms with Crippen LogP contribution in [0.15, 0.2) is 170 Å². The number of para-hydroxylation sites is 2. The average molecular weight is 665 g/mol. The normalized spacial score (nSPS) is 11.4. The average Bonchev–Trinajstić information content (AvgIpc) is 3.74. The minimum atomic E-state index is 0.544. The molecule has 0 bridgehead atoms. The molecule has 52 heavy (non-hydrogen) atoms. The molecular weight excluding hydrogens is 637 g/mol. The van der Waals surface area contributed by atoms with Crippen LogP contribution in [0.5, 0.6) is 0 Å². The van der Waals surface area contributed by atoms with E-state index in [-0.39, 0.29) is 0 Å². The molecule has 0 aliphatic carbocycles. The lowest BCUT2D eigenvalue weighted by atomic mass is 9.97. The van der Waals surface area contributed by atoms with Crippen molar-refractivity contribution in [1.29, 1.82) is 5.26 Å². The van der Waals surface area contributed by atoms with Crippen LogP contribution in [0.1, 0.15) is 5.56 Å². The van der Waals surface area contributed by atoms with Gasteiger partial charge in [0.05, 0.1) is 55.9 Å². The van der Waals surface area contributed by atoms with E-state index < -0.39 is 0 Å². The van der Waals surface area contributed by atoms with Gasteiger partial charge in [-0.15, -0.1) is 0 Å². The maximum absolute atomic E-state index is 11.2. The van der Waals surface area contributed by atoms with Crippen LogP contribution >= 0.6 is 0 Å². The fourth-order valence-corrected chi connectivity index (χ4v) is 7.54. The summed E-state index contributed by atoms with van der Waals surface area (Å²) in [6.45, 7) is 0. The van der Waals surface area contributed by atoms with Crippen molar-refractivity contribution < 1.29 is 0 Å². The molecule has 242 valence electrons. The van der Waals surface area contributed by atoms with E-state index in [0.29, 0.717) is 5.56 Å². The van der Waals surface area contributed by atoms with Gasteiger partial charge in [0.1, 0.15) is 11.6 Å². The molecule has 0 aliphatic rings. The van der Waals surface area contributed by atoms with Gasteiger partial charge < -0.3 is 9.13 Å². The summed E-state index contributed by atoms with van der Waals surface area (Å²) in [7, 11) is 0. The lowest BCUT2D eigenvalue weighted by molar-refractivity contribution is 1.11. The number of pyridine rings is 3. The smallest absolute Gasteiger partial charge is 0.104 e. The molecule has 6 nitrogen and oxygen atoms in total. The standard InChI is InChI=1S/C46H28N6/c47-29-36-43(51-39-19-9-7-17-34(39)45-41(51)21-11-23-48-45)27-33(28-44(36)52-40-20-10-8-18-35(40)46-42(52)22-12-24-49-46)32-25-37(30-13-3-1-4-14-30)50-38(26-32)31-15-5-2-6-16-31/h1-28H. The first kappa shape index (κ1) is 29.5. The lowest BCUT2D eigenvalue weighted by Crippen LogP contribution is -2.05. The topological polar surface area (TPSA) is 72.3 Å². The van der Waals surface area contributed by atoms with Gasteiger partial charge in [0.25, 0.3) is 0 Å². The van der Waals surface area contributed by atoms with Crippen LogP contribution in [0.3, 0.4) is 0 Å². The number of hydrogen-bond donors (Lipinski definition) is 0.